The standard InChI is InChI=1S/C21H23F3N2O4/c1-3-29-17-10-9-14(13-18(17)30-4-2)11-12-25-19(27)20(28)26-16-8-6-5-7-15(16)21(22,23)24/h5-10,13H,3-4,11-12H2,1-2H3,(H,25,27)(H,26,28). The van der Waals surface area contributed by atoms with Gasteiger partial charge in [0.25, 0.3) is 0 Å². The van der Waals surface area contributed by atoms with Crippen molar-refractivity contribution in [3.05, 3.63) is 53.6 Å². The molecule has 0 atom stereocenters. The molecule has 0 unspecified atom stereocenters. The maximum absolute atomic E-state index is 13.0. The van der Waals surface area contributed by atoms with Crippen molar-refractivity contribution >= 4 is 17.5 Å². The molecule has 0 aliphatic rings. The van der Waals surface area contributed by atoms with E-state index in [0.717, 1.165) is 17.7 Å². The maximum atomic E-state index is 13.0. The van der Waals surface area contributed by atoms with Gasteiger partial charge >= 0.3 is 18.0 Å². The van der Waals surface area contributed by atoms with Crippen LogP contribution in [0.5, 0.6) is 11.5 Å². The van der Waals surface area contributed by atoms with Crippen LogP contribution in [0.2, 0.25) is 0 Å². The van der Waals surface area contributed by atoms with Crippen LogP contribution in [0.25, 0.3) is 0 Å². The van der Waals surface area contributed by atoms with E-state index in [1.807, 2.05) is 19.2 Å². The number of hydrogen-bond donors (Lipinski definition) is 2. The molecule has 2 N–H and O–H groups in total. The van der Waals surface area contributed by atoms with Gasteiger partial charge in [-0.1, -0.05) is 18.2 Å². The Hall–Kier alpha value is -3.23. The van der Waals surface area contributed by atoms with Gasteiger partial charge < -0.3 is 20.1 Å². The highest BCUT2D eigenvalue weighted by Gasteiger charge is 2.34. The zero-order chi connectivity index (χ0) is 22.1. The molecule has 30 heavy (non-hydrogen) atoms. The first kappa shape index (κ1) is 23.1. The Balaban J connectivity index is 1.94. The summed E-state index contributed by atoms with van der Waals surface area (Å²) < 4.78 is 50.0. The number of rotatable bonds is 8. The number of hydrogen-bond acceptors (Lipinski definition) is 4. The van der Waals surface area contributed by atoms with Gasteiger partial charge in [0.2, 0.25) is 0 Å². The molecule has 2 amide bonds. The number of halogens is 3. The zero-order valence-electron chi connectivity index (χ0n) is 16.6. The third-order valence-corrected chi connectivity index (χ3v) is 3.99. The van der Waals surface area contributed by atoms with E-state index in [0.29, 0.717) is 31.1 Å². The first-order valence-electron chi connectivity index (χ1n) is 9.40. The molecule has 0 saturated heterocycles. The van der Waals surface area contributed by atoms with E-state index in [2.05, 4.69) is 5.32 Å². The second-order valence-electron chi connectivity index (χ2n) is 6.15. The summed E-state index contributed by atoms with van der Waals surface area (Å²) in [6.07, 6.45) is -4.25. The minimum absolute atomic E-state index is 0.118. The van der Waals surface area contributed by atoms with Crippen LogP contribution in [0, 0.1) is 0 Å². The van der Waals surface area contributed by atoms with E-state index < -0.39 is 29.2 Å². The predicted molar refractivity (Wildman–Crippen MR) is 106 cm³/mol. The molecule has 162 valence electrons. The fourth-order valence-corrected chi connectivity index (χ4v) is 2.67. The smallest absolute Gasteiger partial charge is 0.418 e. The van der Waals surface area contributed by atoms with E-state index in [4.69, 9.17) is 9.47 Å². The number of alkyl halides is 3. The minimum Gasteiger partial charge on any atom is -0.490 e. The molecule has 0 bridgehead atoms. The van der Waals surface area contributed by atoms with Crippen LogP contribution >= 0.6 is 0 Å². The van der Waals surface area contributed by atoms with Crippen LogP contribution in [-0.4, -0.2) is 31.6 Å². The summed E-state index contributed by atoms with van der Waals surface area (Å²) in [5.74, 6) is -1.02. The molecule has 0 heterocycles. The number of anilines is 1. The SMILES string of the molecule is CCOc1ccc(CCNC(=O)C(=O)Nc2ccccc2C(F)(F)F)cc1OCC. The fraction of sp³-hybridized carbons (Fsp3) is 0.333. The molecule has 2 aromatic rings. The van der Waals surface area contributed by atoms with E-state index >= 15 is 0 Å². The fourth-order valence-electron chi connectivity index (χ4n) is 2.67. The second kappa shape index (κ2) is 10.5. The summed E-state index contributed by atoms with van der Waals surface area (Å²) in [6.45, 7) is 4.77. The van der Waals surface area contributed by atoms with Crippen LogP contribution < -0.4 is 20.1 Å². The molecular weight excluding hydrogens is 401 g/mol. The zero-order valence-corrected chi connectivity index (χ0v) is 16.6. The average molecular weight is 424 g/mol. The van der Waals surface area contributed by atoms with Gasteiger partial charge in [-0.05, 0) is 50.1 Å². The molecule has 0 fully saturated rings. The van der Waals surface area contributed by atoms with Crippen molar-refractivity contribution in [2.45, 2.75) is 26.4 Å². The van der Waals surface area contributed by atoms with E-state index in [1.54, 1.807) is 18.2 Å². The number of ether oxygens (including phenoxy) is 2. The largest absolute Gasteiger partial charge is 0.490 e. The Labute approximate surface area is 172 Å². The Kier molecular flexibility index (Phi) is 8.08. The summed E-state index contributed by atoms with van der Waals surface area (Å²) >= 11 is 0. The summed E-state index contributed by atoms with van der Waals surface area (Å²) in [5, 5.41) is 4.40. The Morgan fingerprint density at radius 1 is 0.933 bits per heavy atom. The van der Waals surface area contributed by atoms with Crippen molar-refractivity contribution in [1.29, 1.82) is 0 Å². The Bertz CT molecular complexity index is 885. The van der Waals surface area contributed by atoms with Gasteiger partial charge in [-0.25, -0.2) is 0 Å². The van der Waals surface area contributed by atoms with Crippen molar-refractivity contribution in [3.63, 3.8) is 0 Å². The highest BCUT2D eigenvalue weighted by Crippen LogP contribution is 2.34. The molecular formula is C21H23F3N2O4. The average Bonchev–Trinajstić information content (AvgIpc) is 2.69. The lowest BCUT2D eigenvalue weighted by Crippen LogP contribution is -2.36. The first-order valence-corrected chi connectivity index (χ1v) is 9.40. The van der Waals surface area contributed by atoms with Gasteiger partial charge in [-0.2, -0.15) is 13.2 Å². The Morgan fingerprint density at radius 3 is 2.27 bits per heavy atom. The monoisotopic (exact) mass is 424 g/mol. The van der Waals surface area contributed by atoms with Gasteiger partial charge in [0, 0.05) is 6.54 Å². The predicted octanol–water partition coefficient (Wildman–Crippen LogP) is 3.80. The summed E-state index contributed by atoms with van der Waals surface area (Å²) in [5.41, 5.74) is -0.660. The lowest BCUT2D eigenvalue weighted by atomic mass is 10.1. The van der Waals surface area contributed by atoms with Gasteiger partial charge in [0.15, 0.2) is 11.5 Å². The maximum Gasteiger partial charge on any atom is 0.418 e. The number of carbonyl (C=O) groups is 2. The number of nitrogens with one attached hydrogen (secondary N) is 2. The molecule has 2 aromatic carbocycles. The van der Waals surface area contributed by atoms with Crippen LogP contribution in [0.4, 0.5) is 18.9 Å². The molecule has 0 radical (unpaired) electrons. The molecule has 0 aromatic heterocycles. The van der Waals surface area contributed by atoms with Gasteiger partial charge in [0.05, 0.1) is 24.5 Å². The molecule has 6 nitrogen and oxygen atoms in total. The third-order valence-electron chi connectivity index (χ3n) is 3.99. The molecule has 9 heteroatoms. The summed E-state index contributed by atoms with van der Waals surface area (Å²) in [4.78, 5) is 23.9. The van der Waals surface area contributed by atoms with Crippen LogP contribution in [0.3, 0.4) is 0 Å². The van der Waals surface area contributed by atoms with Crippen LogP contribution in [-0.2, 0) is 22.2 Å². The van der Waals surface area contributed by atoms with Crippen LogP contribution in [0.1, 0.15) is 25.0 Å². The van der Waals surface area contributed by atoms with E-state index in [9.17, 15) is 22.8 Å². The van der Waals surface area contributed by atoms with Crippen molar-refractivity contribution in [1.82, 2.24) is 5.32 Å². The number of amides is 2. The van der Waals surface area contributed by atoms with Crippen molar-refractivity contribution in [2.24, 2.45) is 0 Å². The summed E-state index contributed by atoms with van der Waals surface area (Å²) in [6, 6.07) is 9.79. The molecule has 0 spiro atoms. The number of para-hydroxylation sites is 1. The van der Waals surface area contributed by atoms with E-state index in [1.165, 1.54) is 12.1 Å². The quantitative estimate of drug-likeness (QED) is 0.632. The minimum atomic E-state index is -4.65. The van der Waals surface area contributed by atoms with Gasteiger partial charge in [-0.15, -0.1) is 0 Å². The van der Waals surface area contributed by atoms with Gasteiger partial charge in [0.1, 0.15) is 0 Å². The first-order chi connectivity index (χ1) is 14.3. The lowest BCUT2D eigenvalue weighted by Gasteiger charge is -2.14. The topological polar surface area (TPSA) is 76.7 Å². The summed E-state index contributed by atoms with van der Waals surface area (Å²) in [7, 11) is 0. The van der Waals surface area contributed by atoms with Gasteiger partial charge in [-0.3, -0.25) is 9.59 Å². The number of carbonyl (C=O) groups excluding carboxylic acids is 2. The normalized spacial score (nSPS) is 11.0. The number of benzene rings is 2. The van der Waals surface area contributed by atoms with Crippen molar-refractivity contribution < 1.29 is 32.2 Å². The van der Waals surface area contributed by atoms with Crippen molar-refractivity contribution in [2.75, 3.05) is 25.1 Å². The highest BCUT2D eigenvalue weighted by atomic mass is 19.4. The lowest BCUT2D eigenvalue weighted by molar-refractivity contribution is -0.138. The second-order valence-corrected chi connectivity index (χ2v) is 6.15. The highest BCUT2D eigenvalue weighted by molar-refractivity contribution is 6.39. The van der Waals surface area contributed by atoms with E-state index in [-0.39, 0.29) is 6.54 Å². The molecule has 0 saturated carbocycles. The molecule has 0 aliphatic heterocycles. The Morgan fingerprint density at radius 2 is 1.60 bits per heavy atom. The van der Waals surface area contributed by atoms with Crippen LogP contribution in [0.15, 0.2) is 42.5 Å². The third kappa shape index (κ3) is 6.40. The van der Waals surface area contributed by atoms with Crippen molar-refractivity contribution in [3.8, 4) is 11.5 Å². The molecule has 2 rings (SSSR count). The molecule has 0 aliphatic carbocycles.